The van der Waals surface area contributed by atoms with E-state index in [4.69, 9.17) is 5.73 Å². The molecule has 0 spiro atoms. The van der Waals surface area contributed by atoms with Crippen LogP contribution in [0.25, 0.3) is 0 Å². The minimum Gasteiger partial charge on any atom is -0.319 e. The van der Waals surface area contributed by atoms with Gasteiger partial charge in [0.1, 0.15) is 0 Å². The van der Waals surface area contributed by atoms with Crippen LogP contribution in [0, 0.1) is 0 Å². The van der Waals surface area contributed by atoms with Crippen molar-refractivity contribution < 1.29 is 0 Å². The van der Waals surface area contributed by atoms with E-state index < -0.39 is 0 Å². The molecule has 0 saturated heterocycles. The molecule has 44 valence electrons. The molecule has 0 aliphatic carbocycles. The Morgan fingerprint density at radius 2 is 2.00 bits per heavy atom. The lowest BCUT2D eigenvalue weighted by atomic mass is 10.3. The van der Waals surface area contributed by atoms with Crippen LogP contribution in [0.2, 0.25) is 0 Å². The molecule has 0 amide bonds. The number of hydrogen-bond donors (Lipinski definition) is 1. The zero-order chi connectivity index (χ0) is 5.86. The summed E-state index contributed by atoms with van der Waals surface area (Å²) in [7, 11) is 0. The van der Waals surface area contributed by atoms with Crippen molar-refractivity contribution in [1.29, 1.82) is 0 Å². The van der Waals surface area contributed by atoms with Crippen LogP contribution in [0.15, 0.2) is 0 Å². The van der Waals surface area contributed by atoms with Crippen molar-refractivity contribution in [2.24, 2.45) is 5.73 Å². The third-order valence-corrected chi connectivity index (χ3v) is 1.30. The van der Waals surface area contributed by atoms with Gasteiger partial charge in [-0.05, 0) is 6.42 Å². The molecule has 0 rings (SSSR count). The molecule has 0 radical (unpaired) electrons. The molecule has 3 heteroatoms. The fourth-order valence-corrected chi connectivity index (χ4v) is 1.78. The van der Waals surface area contributed by atoms with Crippen molar-refractivity contribution in [2.75, 3.05) is 0 Å². The van der Waals surface area contributed by atoms with Crippen LogP contribution >= 0.6 is 31.9 Å². The minimum absolute atomic E-state index is 0.141. The summed E-state index contributed by atoms with van der Waals surface area (Å²) in [6.45, 7) is 2.07. The third kappa shape index (κ3) is 6.92. The van der Waals surface area contributed by atoms with E-state index in [1.165, 1.54) is 0 Å². The van der Waals surface area contributed by atoms with Crippen LogP contribution in [0.1, 0.15) is 13.3 Å². The Morgan fingerprint density at radius 1 is 1.57 bits per heavy atom. The van der Waals surface area contributed by atoms with Crippen LogP contribution in [-0.2, 0) is 0 Å². The molecule has 2 unspecified atom stereocenters. The molecule has 0 heterocycles. The van der Waals surface area contributed by atoms with Gasteiger partial charge >= 0.3 is 0 Å². The largest absolute Gasteiger partial charge is 0.319 e. The fourth-order valence-electron chi connectivity index (χ4n) is 0.310. The lowest BCUT2D eigenvalue weighted by Gasteiger charge is -2.02. The van der Waals surface area contributed by atoms with Gasteiger partial charge in [-0.1, -0.05) is 38.8 Å². The molecule has 0 saturated carbocycles. The summed E-state index contributed by atoms with van der Waals surface area (Å²) in [6.07, 6.45) is 0.972. The predicted molar refractivity (Wildman–Crippen MR) is 39.9 cm³/mol. The maximum absolute atomic E-state index is 5.38. The van der Waals surface area contributed by atoms with Gasteiger partial charge < -0.3 is 5.73 Å². The average Bonchev–Trinajstić information content (AvgIpc) is 1.27. The van der Waals surface area contributed by atoms with E-state index in [9.17, 15) is 0 Å². The molecule has 0 aromatic carbocycles. The topological polar surface area (TPSA) is 26.0 Å². The second-order valence-electron chi connectivity index (χ2n) is 1.53. The second-order valence-corrected chi connectivity index (χ2v) is 4.27. The summed E-state index contributed by atoms with van der Waals surface area (Å²) >= 11 is 6.59. The average molecular weight is 231 g/mol. The molecular weight excluding hydrogens is 222 g/mol. The van der Waals surface area contributed by atoms with E-state index in [-0.39, 0.29) is 4.95 Å². The van der Waals surface area contributed by atoms with E-state index in [1.807, 2.05) is 0 Å². The Bertz CT molecular complexity index is 39.0. The van der Waals surface area contributed by atoms with Gasteiger partial charge in [-0.15, -0.1) is 0 Å². The zero-order valence-corrected chi connectivity index (χ0v) is 7.37. The summed E-state index contributed by atoms with van der Waals surface area (Å²) < 4.78 is 0. The van der Waals surface area contributed by atoms with Gasteiger partial charge in [0.25, 0.3) is 0 Å². The van der Waals surface area contributed by atoms with Gasteiger partial charge in [0, 0.05) is 4.83 Å². The van der Waals surface area contributed by atoms with E-state index in [0.717, 1.165) is 6.42 Å². The summed E-state index contributed by atoms with van der Waals surface area (Å²) in [4.78, 5) is 0.656. The number of hydrogen-bond acceptors (Lipinski definition) is 1. The van der Waals surface area contributed by atoms with Crippen molar-refractivity contribution in [3.63, 3.8) is 0 Å². The maximum atomic E-state index is 5.38. The van der Waals surface area contributed by atoms with E-state index in [2.05, 4.69) is 38.8 Å². The summed E-state index contributed by atoms with van der Waals surface area (Å²) in [5, 5.41) is 0. The van der Waals surface area contributed by atoms with Crippen molar-refractivity contribution in [3.8, 4) is 0 Å². The molecule has 0 bridgehead atoms. The van der Waals surface area contributed by atoms with E-state index in [1.54, 1.807) is 0 Å². The Morgan fingerprint density at radius 3 is 2.00 bits per heavy atom. The first-order valence-electron chi connectivity index (χ1n) is 2.16. The maximum Gasteiger partial charge on any atom is 0.0616 e. The molecule has 0 aliphatic rings. The van der Waals surface area contributed by atoms with Crippen molar-refractivity contribution in [3.05, 3.63) is 0 Å². The van der Waals surface area contributed by atoms with E-state index in [0.29, 0.717) is 4.83 Å². The van der Waals surface area contributed by atoms with Crippen molar-refractivity contribution >= 4 is 31.9 Å². The van der Waals surface area contributed by atoms with E-state index >= 15 is 0 Å². The standard InChI is InChI=1S/C4H9Br2N/c1-3(5)2-4(6)7/h3-4H,2,7H2,1H3. The Kier molecular flexibility index (Phi) is 4.37. The molecule has 0 aromatic rings. The highest BCUT2D eigenvalue weighted by atomic mass is 79.9. The first-order valence-corrected chi connectivity index (χ1v) is 3.99. The second kappa shape index (κ2) is 3.87. The summed E-state index contributed by atoms with van der Waals surface area (Å²) in [5.74, 6) is 0. The highest BCUT2D eigenvalue weighted by molar-refractivity contribution is 9.10. The lowest BCUT2D eigenvalue weighted by molar-refractivity contribution is 0.799. The molecular formula is C4H9Br2N. The van der Waals surface area contributed by atoms with Crippen molar-refractivity contribution in [1.82, 2.24) is 0 Å². The molecule has 1 nitrogen and oxygen atoms in total. The van der Waals surface area contributed by atoms with Gasteiger partial charge in [-0.25, -0.2) is 0 Å². The SMILES string of the molecule is CC(Br)CC(N)Br. The normalized spacial score (nSPS) is 18.9. The molecule has 0 fully saturated rings. The van der Waals surface area contributed by atoms with Crippen LogP contribution in [-0.4, -0.2) is 9.78 Å². The molecule has 7 heavy (non-hydrogen) atoms. The molecule has 2 atom stereocenters. The number of rotatable bonds is 2. The highest BCUT2D eigenvalue weighted by Gasteiger charge is 1.99. The highest BCUT2D eigenvalue weighted by Crippen LogP contribution is 2.08. The van der Waals surface area contributed by atoms with Crippen molar-refractivity contribution in [2.45, 2.75) is 23.1 Å². The minimum atomic E-state index is 0.141. The van der Waals surface area contributed by atoms with Gasteiger partial charge in [0.05, 0.1) is 4.95 Å². The molecule has 0 aromatic heterocycles. The first-order chi connectivity index (χ1) is 3.13. The zero-order valence-electron chi connectivity index (χ0n) is 4.20. The van der Waals surface area contributed by atoms with Gasteiger partial charge in [0.15, 0.2) is 0 Å². The first kappa shape index (κ1) is 7.92. The summed E-state index contributed by atoms with van der Waals surface area (Å²) in [6, 6.07) is 0. The smallest absolute Gasteiger partial charge is 0.0616 e. The van der Waals surface area contributed by atoms with Gasteiger partial charge in [-0.3, -0.25) is 0 Å². The Labute approximate surface area is 60.9 Å². The number of nitrogens with two attached hydrogens (primary N) is 1. The monoisotopic (exact) mass is 229 g/mol. The lowest BCUT2D eigenvalue weighted by Crippen LogP contribution is -2.14. The van der Waals surface area contributed by atoms with Crippen LogP contribution in [0.5, 0.6) is 0 Å². The number of halogens is 2. The van der Waals surface area contributed by atoms with Gasteiger partial charge in [-0.2, -0.15) is 0 Å². The quantitative estimate of drug-likeness (QED) is 0.569. The van der Waals surface area contributed by atoms with Gasteiger partial charge in [0.2, 0.25) is 0 Å². The predicted octanol–water partition coefficient (Wildman–Crippen LogP) is 1.84. The number of alkyl halides is 2. The Hall–Kier alpha value is 0.920. The summed E-state index contributed by atoms with van der Waals surface area (Å²) in [5.41, 5.74) is 5.38. The third-order valence-electron chi connectivity index (χ3n) is 0.550. The van der Waals surface area contributed by atoms with Crippen LogP contribution in [0.4, 0.5) is 0 Å². The fraction of sp³-hybridized carbons (Fsp3) is 1.00. The van der Waals surface area contributed by atoms with Crippen LogP contribution in [0.3, 0.4) is 0 Å². The molecule has 2 N–H and O–H groups in total. The Balaban J connectivity index is 2.95. The van der Waals surface area contributed by atoms with Crippen LogP contribution < -0.4 is 5.73 Å². The molecule has 0 aliphatic heterocycles.